The van der Waals surface area contributed by atoms with Gasteiger partial charge in [0.1, 0.15) is 5.82 Å². The molecule has 1 aliphatic heterocycles. The van der Waals surface area contributed by atoms with E-state index in [1.807, 2.05) is 0 Å². The number of aryl methyl sites for hydroxylation is 2. The van der Waals surface area contributed by atoms with Gasteiger partial charge in [0.05, 0.1) is 11.0 Å². The minimum absolute atomic E-state index is 0.793. The first kappa shape index (κ1) is 11.7. The summed E-state index contributed by atoms with van der Waals surface area (Å²) in [7, 11) is 2.08. The van der Waals surface area contributed by atoms with Gasteiger partial charge < -0.3 is 9.88 Å². The third-order valence-electron chi connectivity index (χ3n) is 4.09. The highest BCUT2D eigenvalue weighted by molar-refractivity contribution is 5.76. The van der Waals surface area contributed by atoms with Crippen LogP contribution in [0.1, 0.15) is 24.2 Å². The molecule has 0 bridgehead atoms. The summed E-state index contributed by atoms with van der Waals surface area (Å²) in [6.07, 6.45) is 3.85. The molecule has 1 unspecified atom stereocenters. The highest BCUT2D eigenvalue weighted by Gasteiger charge is 2.14. The molecule has 3 heteroatoms. The van der Waals surface area contributed by atoms with Gasteiger partial charge in [-0.05, 0) is 62.9 Å². The summed E-state index contributed by atoms with van der Waals surface area (Å²) in [6.45, 7) is 4.42. The largest absolute Gasteiger partial charge is 0.331 e. The van der Waals surface area contributed by atoms with Gasteiger partial charge in [0.25, 0.3) is 0 Å². The van der Waals surface area contributed by atoms with Crippen LogP contribution in [0.25, 0.3) is 11.0 Å². The first-order chi connectivity index (χ1) is 8.74. The van der Waals surface area contributed by atoms with E-state index in [1.54, 1.807) is 0 Å². The van der Waals surface area contributed by atoms with Gasteiger partial charge >= 0.3 is 0 Å². The van der Waals surface area contributed by atoms with Crippen LogP contribution >= 0.6 is 0 Å². The molecule has 3 nitrogen and oxygen atoms in total. The molecular weight excluding hydrogens is 222 g/mol. The van der Waals surface area contributed by atoms with E-state index in [0.717, 1.165) is 17.3 Å². The van der Waals surface area contributed by atoms with Crippen LogP contribution in [0.4, 0.5) is 0 Å². The first-order valence-corrected chi connectivity index (χ1v) is 6.87. The van der Waals surface area contributed by atoms with Gasteiger partial charge in [0.2, 0.25) is 0 Å². The lowest BCUT2D eigenvalue weighted by molar-refractivity contribution is 0.376. The molecule has 2 heterocycles. The highest BCUT2D eigenvalue weighted by atomic mass is 15.0. The standard InChI is InChI=1S/C15H21N3/c1-11-17-14-9-12(5-6-15(14)18(11)2)8-13-4-3-7-16-10-13/h5-6,9,13,16H,3-4,7-8,10H2,1-2H3. The molecule has 1 fully saturated rings. The van der Waals surface area contributed by atoms with Gasteiger partial charge in [-0.15, -0.1) is 0 Å². The summed E-state index contributed by atoms with van der Waals surface area (Å²) >= 11 is 0. The van der Waals surface area contributed by atoms with Crippen molar-refractivity contribution in [3.8, 4) is 0 Å². The second-order valence-electron chi connectivity index (χ2n) is 5.46. The molecule has 18 heavy (non-hydrogen) atoms. The van der Waals surface area contributed by atoms with Gasteiger partial charge in [0.15, 0.2) is 0 Å². The van der Waals surface area contributed by atoms with Crippen molar-refractivity contribution in [2.45, 2.75) is 26.2 Å². The normalized spacial score (nSPS) is 20.4. The molecule has 2 aromatic rings. The van der Waals surface area contributed by atoms with Crippen LogP contribution < -0.4 is 5.32 Å². The average molecular weight is 243 g/mol. The fraction of sp³-hybridized carbons (Fsp3) is 0.533. The van der Waals surface area contributed by atoms with Crippen LogP contribution in [0.3, 0.4) is 0 Å². The predicted molar refractivity (Wildman–Crippen MR) is 74.7 cm³/mol. The maximum absolute atomic E-state index is 4.61. The molecule has 0 saturated carbocycles. The van der Waals surface area contributed by atoms with E-state index in [0.29, 0.717) is 0 Å². The monoisotopic (exact) mass is 243 g/mol. The molecular formula is C15H21N3. The molecule has 96 valence electrons. The lowest BCUT2D eigenvalue weighted by Crippen LogP contribution is -2.30. The lowest BCUT2D eigenvalue weighted by Gasteiger charge is -2.22. The van der Waals surface area contributed by atoms with Crippen molar-refractivity contribution >= 4 is 11.0 Å². The third-order valence-corrected chi connectivity index (χ3v) is 4.09. The van der Waals surface area contributed by atoms with Crippen LogP contribution in [-0.4, -0.2) is 22.6 Å². The Morgan fingerprint density at radius 2 is 2.33 bits per heavy atom. The number of imidazole rings is 1. The Hall–Kier alpha value is -1.35. The van der Waals surface area contributed by atoms with Crippen molar-refractivity contribution in [1.29, 1.82) is 0 Å². The van der Waals surface area contributed by atoms with Crippen LogP contribution in [0.2, 0.25) is 0 Å². The zero-order valence-electron chi connectivity index (χ0n) is 11.2. The third kappa shape index (κ3) is 2.15. The molecule has 1 aliphatic rings. The maximum atomic E-state index is 4.61. The summed E-state index contributed by atoms with van der Waals surface area (Å²) in [5, 5.41) is 3.49. The van der Waals surface area contributed by atoms with E-state index in [4.69, 9.17) is 0 Å². The van der Waals surface area contributed by atoms with Crippen molar-refractivity contribution in [1.82, 2.24) is 14.9 Å². The SMILES string of the molecule is Cc1nc2cc(CC3CCCNC3)ccc2n1C. The fourth-order valence-corrected chi connectivity index (χ4v) is 2.92. The smallest absolute Gasteiger partial charge is 0.106 e. The van der Waals surface area contributed by atoms with Gasteiger partial charge in [-0.1, -0.05) is 6.07 Å². The number of rotatable bonds is 2. The predicted octanol–water partition coefficient (Wildman–Crippen LogP) is 2.42. The Morgan fingerprint density at radius 1 is 1.44 bits per heavy atom. The zero-order chi connectivity index (χ0) is 12.5. The number of hydrogen-bond acceptors (Lipinski definition) is 2. The topological polar surface area (TPSA) is 29.9 Å². The van der Waals surface area contributed by atoms with E-state index in [-0.39, 0.29) is 0 Å². The van der Waals surface area contributed by atoms with Crippen molar-refractivity contribution in [2.75, 3.05) is 13.1 Å². The Kier molecular flexibility index (Phi) is 3.08. The van der Waals surface area contributed by atoms with Crippen molar-refractivity contribution < 1.29 is 0 Å². The van der Waals surface area contributed by atoms with E-state index in [1.165, 1.54) is 43.4 Å². The number of piperidine rings is 1. The zero-order valence-corrected chi connectivity index (χ0v) is 11.2. The average Bonchev–Trinajstić information content (AvgIpc) is 2.66. The maximum Gasteiger partial charge on any atom is 0.106 e. The van der Waals surface area contributed by atoms with Crippen LogP contribution in [0.15, 0.2) is 18.2 Å². The molecule has 1 aromatic carbocycles. The van der Waals surface area contributed by atoms with E-state index < -0.39 is 0 Å². The van der Waals surface area contributed by atoms with Gasteiger partial charge in [0, 0.05) is 7.05 Å². The molecule has 0 spiro atoms. The summed E-state index contributed by atoms with van der Waals surface area (Å²) in [5.41, 5.74) is 3.79. The Morgan fingerprint density at radius 3 is 3.11 bits per heavy atom. The first-order valence-electron chi connectivity index (χ1n) is 6.87. The molecule has 0 radical (unpaired) electrons. The molecule has 0 aliphatic carbocycles. The molecule has 1 aromatic heterocycles. The van der Waals surface area contributed by atoms with Crippen molar-refractivity contribution in [3.05, 3.63) is 29.6 Å². The number of benzene rings is 1. The van der Waals surface area contributed by atoms with Crippen LogP contribution in [0.5, 0.6) is 0 Å². The Bertz CT molecular complexity index is 550. The summed E-state index contributed by atoms with van der Waals surface area (Å²) in [4.78, 5) is 4.61. The van der Waals surface area contributed by atoms with Crippen LogP contribution in [0, 0.1) is 12.8 Å². The molecule has 1 atom stereocenters. The number of nitrogens with one attached hydrogen (secondary N) is 1. The van der Waals surface area contributed by atoms with Gasteiger partial charge in [-0.3, -0.25) is 0 Å². The minimum Gasteiger partial charge on any atom is -0.331 e. The quantitative estimate of drug-likeness (QED) is 0.878. The van der Waals surface area contributed by atoms with Crippen molar-refractivity contribution in [2.24, 2.45) is 13.0 Å². The van der Waals surface area contributed by atoms with Crippen molar-refractivity contribution in [3.63, 3.8) is 0 Å². The number of aromatic nitrogens is 2. The molecule has 1 N–H and O–H groups in total. The lowest BCUT2D eigenvalue weighted by atomic mass is 9.92. The summed E-state index contributed by atoms with van der Waals surface area (Å²) < 4.78 is 2.15. The number of hydrogen-bond donors (Lipinski definition) is 1. The van der Waals surface area contributed by atoms with E-state index >= 15 is 0 Å². The molecule has 1 saturated heterocycles. The highest BCUT2D eigenvalue weighted by Crippen LogP contribution is 2.21. The second-order valence-corrected chi connectivity index (χ2v) is 5.46. The minimum atomic E-state index is 0.793. The Labute approximate surface area is 108 Å². The fourth-order valence-electron chi connectivity index (χ4n) is 2.92. The van der Waals surface area contributed by atoms with E-state index in [2.05, 4.69) is 47.0 Å². The summed E-state index contributed by atoms with van der Waals surface area (Å²) in [6, 6.07) is 6.73. The van der Waals surface area contributed by atoms with Crippen LogP contribution in [-0.2, 0) is 13.5 Å². The number of nitrogens with zero attached hydrogens (tertiary/aromatic N) is 2. The van der Waals surface area contributed by atoms with E-state index in [9.17, 15) is 0 Å². The second kappa shape index (κ2) is 4.73. The number of fused-ring (bicyclic) bond motifs is 1. The van der Waals surface area contributed by atoms with Gasteiger partial charge in [-0.2, -0.15) is 0 Å². The Balaban J connectivity index is 1.84. The van der Waals surface area contributed by atoms with Gasteiger partial charge in [-0.25, -0.2) is 4.98 Å². The summed E-state index contributed by atoms with van der Waals surface area (Å²) in [5.74, 6) is 1.88. The molecule has 0 amide bonds. The molecule has 3 rings (SSSR count).